The molecule has 0 bridgehead atoms. The molecular weight excluding hydrogens is 430 g/mol. The molecule has 0 unspecified atom stereocenters. The predicted octanol–water partition coefficient (Wildman–Crippen LogP) is 3.65. The number of hydrogen-bond acceptors (Lipinski definition) is 7. The molecule has 1 aliphatic rings. The highest BCUT2D eigenvalue weighted by Gasteiger charge is 2.25. The lowest BCUT2D eigenvalue weighted by molar-refractivity contribution is -0.384. The first-order chi connectivity index (χ1) is 15.1. The van der Waals surface area contributed by atoms with Crippen LogP contribution >= 0.6 is 0 Å². The van der Waals surface area contributed by atoms with E-state index >= 15 is 0 Å². The summed E-state index contributed by atoms with van der Waals surface area (Å²) in [5.41, 5.74) is 2.45. The molecule has 172 valence electrons. The number of rotatable bonds is 7. The minimum atomic E-state index is -3.68. The molecule has 0 atom stereocenters. The number of nitrogens with zero attached hydrogens (tertiary/aromatic N) is 5. The summed E-state index contributed by atoms with van der Waals surface area (Å²) in [5.74, 6) is 0. The van der Waals surface area contributed by atoms with Crippen LogP contribution in [0.25, 0.3) is 0 Å². The number of nitro benzene ring substituents is 1. The highest BCUT2D eigenvalue weighted by Crippen LogP contribution is 2.33. The van der Waals surface area contributed by atoms with Crippen molar-refractivity contribution in [3.8, 4) is 0 Å². The first kappa shape index (κ1) is 23.7. The first-order valence-electron chi connectivity index (χ1n) is 10.4. The zero-order valence-corrected chi connectivity index (χ0v) is 19.7. The second kappa shape index (κ2) is 9.66. The standard InChI is InChI=1S/C22H29N5O4S/c1-24(2)20-11-9-19(27(28)29)14-17(20)16-23-18-8-10-21(26-12-6-5-7-13-26)22(15-18)32(30,31)25(3)4/h8-11,14-16H,5-7,12-13H2,1-4H3. The number of benzene rings is 2. The summed E-state index contributed by atoms with van der Waals surface area (Å²) < 4.78 is 27.3. The molecule has 0 radical (unpaired) electrons. The SMILES string of the molecule is CN(C)c1ccc([N+](=O)[O-])cc1C=Nc1ccc(N2CCCCC2)c(S(=O)(=O)N(C)C)c1. The third kappa shape index (κ3) is 5.08. The van der Waals surface area contributed by atoms with Gasteiger partial charge in [0.05, 0.1) is 16.3 Å². The molecule has 2 aromatic rings. The van der Waals surface area contributed by atoms with Crippen LogP contribution in [0.15, 0.2) is 46.3 Å². The van der Waals surface area contributed by atoms with Gasteiger partial charge >= 0.3 is 0 Å². The lowest BCUT2D eigenvalue weighted by atomic mass is 10.1. The highest BCUT2D eigenvalue weighted by molar-refractivity contribution is 7.89. The van der Waals surface area contributed by atoms with E-state index in [0.717, 1.165) is 38.0 Å². The van der Waals surface area contributed by atoms with Gasteiger partial charge in [-0.15, -0.1) is 0 Å². The summed E-state index contributed by atoms with van der Waals surface area (Å²) >= 11 is 0. The number of anilines is 2. The van der Waals surface area contributed by atoms with E-state index < -0.39 is 14.9 Å². The average molecular weight is 460 g/mol. The third-order valence-electron chi connectivity index (χ3n) is 5.46. The number of piperidine rings is 1. The van der Waals surface area contributed by atoms with Gasteiger partial charge in [0.2, 0.25) is 10.0 Å². The molecule has 10 heteroatoms. The Morgan fingerprint density at radius 2 is 1.72 bits per heavy atom. The summed E-state index contributed by atoms with van der Waals surface area (Å²) in [6.45, 7) is 1.64. The maximum absolute atomic E-state index is 13.1. The Balaban J connectivity index is 2.05. The van der Waals surface area contributed by atoms with E-state index in [0.29, 0.717) is 16.9 Å². The molecule has 3 rings (SSSR count). The second-order valence-electron chi connectivity index (χ2n) is 8.14. The van der Waals surface area contributed by atoms with Crippen molar-refractivity contribution in [1.82, 2.24) is 4.31 Å². The molecule has 32 heavy (non-hydrogen) atoms. The van der Waals surface area contributed by atoms with Gasteiger partial charge < -0.3 is 9.80 Å². The van der Waals surface area contributed by atoms with Crippen LogP contribution in [0.5, 0.6) is 0 Å². The van der Waals surface area contributed by atoms with E-state index in [4.69, 9.17) is 0 Å². The lowest BCUT2D eigenvalue weighted by Crippen LogP contribution is -2.32. The summed E-state index contributed by atoms with van der Waals surface area (Å²) in [6.07, 6.45) is 4.74. The van der Waals surface area contributed by atoms with Crippen molar-refractivity contribution in [3.63, 3.8) is 0 Å². The molecule has 0 saturated carbocycles. The topological polar surface area (TPSA) is 99.4 Å². The molecule has 0 aromatic heterocycles. The van der Waals surface area contributed by atoms with Gasteiger partial charge in [-0.25, -0.2) is 12.7 Å². The van der Waals surface area contributed by atoms with Gasteiger partial charge in [0.25, 0.3) is 5.69 Å². The van der Waals surface area contributed by atoms with Crippen LogP contribution in [0.1, 0.15) is 24.8 Å². The molecule has 1 aliphatic heterocycles. The van der Waals surface area contributed by atoms with Gasteiger partial charge in [0.15, 0.2) is 0 Å². The summed E-state index contributed by atoms with van der Waals surface area (Å²) in [5, 5.41) is 11.2. The number of non-ortho nitro benzene ring substituents is 1. The Kier molecular flexibility index (Phi) is 7.15. The lowest BCUT2D eigenvalue weighted by Gasteiger charge is -2.31. The fourth-order valence-corrected chi connectivity index (χ4v) is 4.82. The van der Waals surface area contributed by atoms with Crippen LogP contribution in [0, 0.1) is 10.1 Å². The number of hydrogen-bond donors (Lipinski definition) is 0. The average Bonchev–Trinajstić information content (AvgIpc) is 2.77. The number of nitro groups is 1. The normalized spacial score (nSPS) is 14.8. The quantitative estimate of drug-likeness (QED) is 0.356. The molecule has 9 nitrogen and oxygen atoms in total. The molecule has 0 amide bonds. The summed E-state index contributed by atoms with van der Waals surface area (Å²) in [4.78, 5) is 19.4. The van der Waals surface area contributed by atoms with Crippen molar-refractivity contribution >= 4 is 39.0 Å². The Morgan fingerprint density at radius 1 is 1.03 bits per heavy atom. The van der Waals surface area contributed by atoms with Gasteiger partial charge in [-0.05, 0) is 43.5 Å². The third-order valence-corrected chi connectivity index (χ3v) is 7.30. The Bertz CT molecular complexity index is 1120. The molecular formula is C22H29N5O4S. The van der Waals surface area contributed by atoms with Gasteiger partial charge in [0.1, 0.15) is 4.90 Å². The largest absolute Gasteiger partial charge is 0.377 e. The van der Waals surface area contributed by atoms with Crippen LogP contribution in [-0.4, -0.2) is 65.1 Å². The zero-order chi connectivity index (χ0) is 23.5. The van der Waals surface area contributed by atoms with E-state index in [-0.39, 0.29) is 10.6 Å². The summed E-state index contributed by atoms with van der Waals surface area (Å²) in [7, 11) is 3.02. The van der Waals surface area contributed by atoms with Crippen molar-refractivity contribution in [2.45, 2.75) is 24.2 Å². The van der Waals surface area contributed by atoms with E-state index in [2.05, 4.69) is 9.89 Å². The van der Waals surface area contributed by atoms with Crippen molar-refractivity contribution in [3.05, 3.63) is 52.1 Å². The highest BCUT2D eigenvalue weighted by atomic mass is 32.2. The zero-order valence-electron chi connectivity index (χ0n) is 18.9. The van der Waals surface area contributed by atoms with Crippen LogP contribution in [-0.2, 0) is 10.0 Å². The first-order valence-corrected chi connectivity index (χ1v) is 11.9. The molecule has 1 fully saturated rings. The van der Waals surface area contributed by atoms with E-state index in [9.17, 15) is 18.5 Å². The van der Waals surface area contributed by atoms with E-state index in [1.54, 1.807) is 24.3 Å². The monoisotopic (exact) mass is 459 g/mol. The maximum Gasteiger partial charge on any atom is 0.270 e. The van der Waals surface area contributed by atoms with E-state index in [1.807, 2.05) is 19.0 Å². The smallest absolute Gasteiger partial charge is 0.270 e. The second-order valence-corrected chi connectivity index (χ2v) is 10.3. The summed E-state index contributed by atoms with van der Waals surface area (Å²) in [6, 6.07) is 9.72. The Labute approximate surface area is 189 Å². The molecule has 0 N–H and O–H groups in total. The van der Waals surface area contributed by atoms with Crippen molar-refractivity contribution in [2.75, 3.05) is 51.1 Å². The predicted molar refractivity (Wildman–Crippen MR) is 128 cm³/mol. The van der Waals surface area contributed by atoms with E-state index in [1.165, 1.54) is 36.7 Å². The van der Waals surface area contributed by atoms with Crippen molar-refractivity contribution < 1.29 is 13.3 Å². The van der Waals surface area contributed by atoms with Crippen LogP contribution in [0.3, 0.4) is 0 Å². The fourth-order valence-electron chi connectivity index (χ4n) is 3.69. The Hall–Kier alpha value is -2.98. The maximum atomic E-state index is 13.1. The molecule has 0 aliphatic carbocycles. The van der Waals surface area contributed by atoms with Gasteiger partial charge in [0, 0.05) is 70.9 Å². The van der Waals surface area contributed by atoms with Gasteiger partial charge in [-0.2, -0.15) is 0 Å². The van der Waals surface area contributed by atoms with Crippen molar-refractivity contribution in [1.29, 1.82) is 0 Å². The number of sulfonamides is 1. The van der Waals surface area contributed by atoms with Crippen LogP contribution in [0.2, 0.25) is 0 Å². The minimum absolute atomic E-state index is 0.0339. The minimum Gasteiger partial charge on any atom is -0.377 e. The van der Waals surface area contributed by atoms with Crippen LogP contribution in [0.4, 0.5) is 22.7 Å². The fraction of sp³-hybridized carbons (Fsp3) is 0.409. The van der Waals surface area contributed by atoms with Gasteiger partial charge in [-0.3, -0.25) is 15.1 Å². The van der Waals surface area contributed by atoms with Crippen molar-refractivity contribution in [2.24, 2.45) is 4.99 Å². The van der Waals surface area contributed by atoms with Crippen LogP contribution < -0.4 is 9.80 Å². The number of aliphatic imine (C=N–C) groups is 1. The Morgan fingerprint density at radius 3 is 2.31 bits per heavy atom. The molecule has 1 saturated heterocycles. The molecule has 0 spiro atoms. The molecule has 2 aromatic carbocycles. The van der Waals surface area contributed by atoms with Gasteiger partial charge in [-0.1, -0.05) is 0 Å². The molecule has 1 heterocycles.